The average Bonchev–Trinajstić information content (AvgIpc) is 2.44. The molecule has 1 atom stereocenters. The summed E-state index contributed by atoms with van der Waals surface area (Å²) in [6.45, 7) is 3.50. The summed E-state index contributed by atoms with van der Waals surface area (Å²) >= 11 is 3.44. The molecule has 0 aromatic heterocycles. The zero-order valence-corrected chi connectivity index (χ0v) is 14.2. The number of carboxylic acid groups (broad SMARTS) is 1. The van der Waals surface area contributed by atoms with Crippen LogP contribution in [0.4, 0.5) is 0 Å². The second kappa shape index (κ2) is 9.41. The number of ether oxygens (including phenoxy) is 1. The van der Waals surface area contributed by atoms with Crippen molar-refractivity contribution in [2.75, 3.05) is 26.2 Å². The Labute approximate surface area is 140 Å². The molecule has 1 aromatic carbocycles. The molecular weight excluding hydrogens is 358 g/mol. The van der Waals surface area contributed by atoms with Gasteiger partial charge in [-0.1, -0.05) is 28.1 Å². The molecule has 0 bridgehead atoms. The first-order valence-electron chi connectivity index (χ1n) is 6.96. The lowest BCUT2D eigenvalue weighted by Crippen LogP contribution is -2.38. The maximum absolute atomic E-state index is 10.5. The van der Waals surface area contributed by atoms with Gasteiger partial charge in [-0.2, -0.15) is 0 Å². The van der Waals surface area contributed by atoms with Crippen molar-refractivity contribution < 1.29 is 14.6 Å². The molecule has 1 fully saturated rings. The Morgan fingerprint density at radius 3 is 2.71 bits per heavy atom. The molecule has 1 aliphatic heterocycles. The van der Waals surface area contributed by atoms with E-state index in [0.29, 0.717) is 0 Å². The predicted molar refractivity (Wildman–Crippen MR) is 88.0 cm³/mol. The van der Waals surface area contributed by atoms with Crippen LogP contribution in [0.1, 0.15) is 30.9 Å². The molecule has 118 valence electrons. The van der Waals surface area contributed by atoms with Gasteiger partial charge in [0.15, 0.2) is 0 Å². The Bertz CT molecular complexity index is 441. The highest BCUT2D eigenvalue weighted by Gasteiger charge is 2.21. The summed E-state index contributed by atoms with van der Waals surface area (Å²) in [5.74, 6) is -0.709. The summed E-state index contributed by atoms with van der Waals surface area (Å²) in [4.78, 5) is 12.8. The van der Waals surface area contributed by atoms with E-state index in [1.807, 2.05) is 12.1 Å². The third kappa shape index (κ3) is 6.34. The number of rotatable bonds is 6. The number of morpholine rings is 1. The smallest absolute Gasteiger partial charge is 0.303 e. The van der Waals surface area contributed by atoms with Gasteiger partial charge in [-0.15, -0.1) is 12.4 Å². The number of hydrogen-bond acceptors (Lipinski definition) is 3. The highest BCUT2D eigenvalue weighted by molar-refractivity contribution is 9.10. The molecule has 0 spiro atoms. The number of carboxylic acids is 1. The molecule has 4 nitrogen and oxygen atoms in total. The third-order valence-corrected chi connectivity index (χ3v) is 4.04. The summed E-state index contributed by atoms with van der Waals surface area (Å²) in [6.07, 6.45) is 2.06. The topological polar surface area (TPSA) is 49.8 Å². The Balaban J connectivity index is 0.00000220. The van der Waals surface area contributed by atoms with Gasteiger partial charge in [-0.05, 0) is 37.1 Å². The highest BCUT2D eigenvalue weighted by atomic mass is 79.9. The first-order chi connectivity index (χ1) is 9.65. The van der Waals surface area contributed by atoms with Gasteiger partial charge in [-0.3, -0.25) is 9.69 Å². The van der Waals surface area contributed by atoms with Crippen molar-refractivity contribution in [1.29, 1.82) is 0 Å². The van der Waals surface area contributed by atoms with Crippen LogP contribution < -0.4 is 0 Å². The number of benzene rings is 1. The number of aliphatic carboxylic acids is 1. The third-order valence-electron chi connectivity index (χ3n) is 3.51. The van der Waals surface area contributed by atoms with Crippen LogP contribution in [-0.2, 0) is 9.53 Å². The first kappa shape index (κ1) is 18.4. The summed E-state index contributed by atoms with van der Waals surface area (Å²) in [5.41, 5.74) is 1.20. The standard InChI is InChI=1S/C15H20BrNO3.ClH/c16-13-6-4-12(5-7-13)14-11-17(9-10-20-14)8-2-1-3-15(18)19;/h4-7,14H,1-3,8-11H2,(H,18,19);1H. The molecule has 1 saturated heterocycles. The molecule has 0 amide bonds. The predicted octanol–water partition coefficient (Wildman–Crippen LogP) is 3.50. The molecule has 2 rings (SSSR count). The SMILES string of the molecule is Cl.O=C(O)CCCCN1CCOC(c2ccc(Br)cc2)C1. The molecular formula is C15H21BrClNO3. The van der Waals surface area contributed by atoms with Gasteiger partial charge in [0.25, 0.3) is 0 Å². The van der Waals surface area contributed by atoms with E-state index in [1.54, 1.807) is 0 Å². The van der Waals surface area contributed by atoms with Gasteiger partial charge in [-0.25, -0.2) is 0 Å². The Morgan fingerprint density at radius 2 is 2.05 bits per heavy atom. The number of unbranched alkanes of at least 4 members (excludes halogenated alkanes) is 1. The van der Waals surface area contributed by atoms with Crippen LogP contribution in [0.5, 0.6) is 0 Å². The second-order valence-corrected chi connectivity index (χ2v) is 5.98. The van der Waals surface area contributed by atoms with Gasteiger partial charge in [0.1, 0.15) is 0 Å². The van der Waals surface area contributed by atoms with Gasteiger partial charge in [0.05, 0.1) is 12.7 Å². The number of nitrogens with zero attached hydrogens (tertiary/aromatic N) is 1. The van der Waals surface area contributed by atoms with Crippen molar-refractivity contribution in [3.63, 3.8) is 0 Å². The van der Waals surface area contributed by atoms with E-state index in [4.69, 9.17) is 9.84 Å². The number of halogens is 2. The van der Waals surface area contributed by atoms with Crippen LogP contribution in [0, 0.1) is 0 Å². The van der Waals surface area contributed by atoms with Gasteiger partial charge < -0.3 is 9.84 Å². The maximum atomic E-state index is 10.5. The highest BCUT2D eigenvalue weighted by Crippen LogP contribution is 2.24. The second-order valence-electron chi connectivity index (χ2n) is 5.06. The molecule has 1 heterocycles. The fraction of sp³-hybridized carbons (Fsp3) is 0.533. The van der Waals surface area contributed by atoms with E-state index in [2.05, 4.69) is 33.0 Å². The van der Waals surface area contributed by atoms with Crippen LogP contribution in [0.2, 0.25) is 0 Å². The van der Waals surface area contributed by atoms with Crippen LogP contribution in [-0.4, -0.2) is 42.2 Å². The normalized spacial score (nSPS) is 19.0. The van der Waals surface area contributed by atoms with Crippen molar-refractivity contribution in [3.8, 4) is 0 Å². The molecule has 1 N–H and O–H groups in total. The molecule has 0 radical (unpaired) electrons. The molecule has 1 unspecified atom stereocenters. The van der Waals surface area contributed by atoms with Crippen LogP contribution in [0.3, 0.4) is 0 Å². The lowest BCUT2D eigenvalue weighted by Gasteiger charge is -2.33. The minimum Gasteiger partial charge on any atom is -0.481 e. The van der Waals surface area contributed by atoms with E-state index < -0.39 is 5.97 Å². The Kier molecular flexibility index (Phi) is 8.26. The van der Waals surface area contributed by atoms with Gasteiger partial charge >= 0.3 is 5.97 Å². The van der Waals surface area contributed by atoms with Crippen molar-refractivity contribution in [3.05, 3.63) is 34.3 Å². The molecule has 1 aliphatic rings. The molecule has 6 heteroatoms. The van der Waals surface area contributed by atoms with Gasteiger partial charge in [0.2, 0.25) is 0 Å². The van der Waals surface area contributed by atoms with Crippen LogP contribution in [0.25, 0.3) is 0 Å². The monoisotopic (exact) mass is 377 g/mol. The van der Waals surface area contributed by atoms with Gasteiger partial charge in [0, 0.05) is 24.0 Å². The zero-order valence-electron chi connectivity index (χ0n) is 11.8. The minimum atomic E-state index is -0.709. The number of carbonyl (C=O) groups is 1. The van der Waals surface area contributed by atoms with E-state index in [-0.39, 0.29) is 24.9 Å². The molecule has 1 aromatic rings. The quantitative estimate of drug-likeness (QED) is 0.770. The minimum absolute atomic E-state index is 0. The fourth-order valence-electron chi connectivity index (χ4n) is 2.40. The van der Waals surface area contributed by atoms with Crippen molar-refractivity contribution >= 4 is 34.3 Å². The Morgan fingerprint density at radius 1 is 1.33 bits per heavy atom. The Hall–Kier alpha value is -0.620. The molecule has 0 saturated carbocycles. The molecule has 0 aliphatic carbocycles. The number of hydrogen-bond donors (Lipinski definition) is 1. The van der Waals surface area contributed by atoms with Crippen molar-refractivity contribution in [1.82, 2.24) is 4.90 Å². The maximum Gasteiger partial charge on any atom is 0.303 e. The van der Waals surface area contributed by atoms with E-state index in [0.717, 1.165) is 43.6 Å². The summed E-state index contributed by atoms with van der Waals surface area (Å²) in [6, 6.07) is 8.24. The lowest BCUT2D eigenvalue weighted by atomic mass is 10.1. The zero-order chi connectivity index (χ0) is 14.4. The summed E-state index contributed by atoms with van der Waals surface area (Å²) < 4.78 is 6.90. The summed E-state index contributed by atoms with van der Waals surface area (Å²) in [7, 11) is 0. The molecule has 21 heavy (non-hydrogen) atoms. The fourth-order valence-corrected chi connectivity index (χ4v) is 2.66. The van der Waals surface area contributed by atoms with E-state index >= 15 is 0 Å². The van der Waals surface area contributed by atoms with Crippen LogP contribution in [0.15, 0.2) is 28.7 Å². The largest absolute Gasteiger partial charge is 0.481 e. The van der Waals surface area contributed by atoms with Crippen molar-refractivity contribution in [2.24, 2.45) is 0 Å². The average molecular weight is 379 g/mol. The summed E-state index contributed by atoms with van der Waals surface area (Å²) in [5, 5.41) is 8.63. The lowest BCUT2D eigenvalue weighted by molar-refractivity contribution is -0.137. The first-order valence-corrected chi connectivity index (χ1v) is 7.75. The van der Waals surface area contributed by atoms with Crippen LogP contribution >= 0.6 is 28.3 Å². The van der Waals surface area contributed by atoms with Crippen molar-refractivity contribution in [2.45, 2.75) is 25.4 Å². The van der Waals surface area contributed by atoms with E-state index in [9.17, 15) is 4.79 Å². The van der Waals surface area contributed by atoms with E-state index in [1.165, 1.54) is 5.56 Å².